The van der Waals surface area contributed by atoms with Crippen molar-refractivity contribution < 1.29 is 0 Å². The van der Waals surface area contributed by atoms with Crippen LogP contribution in [0.4, 0.5) is 23.5 Å². The molecule has 6 nitrogen and oxygen atoms in total. The minimum Gasteiger partial charge on any atom is -0.368 e. The molecule has 1 aliphatic heterocycles. The number of nitrogens with two attached hydrogens (primary N) is 1. The van der Waals surface area contributed by atoms with Gasteiger partial charge in [0.2, 0.25) is 17.8 Å². The van der Waals surface area contributed by atoms with Gasteiger partial charge in [0.15, 0.2) is 0 Å². The van der Waals surface area contributed by atoms with Crippen LogP contribution in [-0.4, -0.2) is 28.0 Å². The van der Waals surface area contributed by atoms with Gasteiger partial charge in [-0.1, -0.05) is 0 Å². The number of aromatic nitrogens is 3. The van der Waals surface area contributed by atoms with Crippen LogP contribution in [0.2, 0.25) is 0 Å². The number of rotatable bonds is 3. The maximum Gasteiger partial charge on any atom is 0.233 e. The molecule has 0 atom stereocenters. The zero-order valence-corrected chi connectivity index (χ0v) is 13.0. The second kappa shape index (κ2) is 5.78. The molecule has 1 fully saturated rings. The van der Waals surface area contributed by atoms with Gasteiger partial charge in [-0.2, -0.15) is 15.0 Å². The lowest BCUT2D eigenvalue weighted by atomic mass is 10.3. The van der Waals surface area contributed by atoms with Gasteiger partial charge in [0.25, 0.3) is 0 Å². The molecule has 20 heavy (non-hydrogen) atoms. The number of nitrogens with zero attached hydrogens (tertiary/aromatic N) is 4. The second-order valence-electron chi connectivity index (χ2n) is 4.64. The molecule has 0 saturated carbocycles. The van der Waals surface area contributed by atoms with Gasteiger partial charge >= 0.3 is 0 Å². The van der Waals surface area contributed by atoms with Gasteiger partial charge in [0.1, 0.15) is 0 Å². The van der Waals surface area contributed by atoms with Crippen LogP contribution in [0.15, 0.2) is 24.3 Å². The molecule has 3 rings (SSSR count). The molecular weight excluding hydrogens is 367 g/mol. The molecular formula is C13H15IN6. The Labute approximate surface area is 131 Å². The Balaban J connectivity index is 1.83. The van der Waals surface area contributed by atoms with Crippen molar-refractivity contribution in [3.63, 3.8) is 0 Å². The molecule has 1 saturated heterocycles. The Morgan fingerprint density at radius 2 is 1.75 bits per heavy atom. The Morgan fingerprint density at radius 3 is 2.45 bits per heavy atom. The van der Waals surface area contributed by atoms with E-state index in [0.29, 0.717) is 11.9 Å². The van der Waals surface area contributed by atoms with E-state index in [-0.39, 0.29) is 5.95 Å². The predicted octanol–water partition coefficient (Wildman–Crippen LogP) is 2.40. The van der Waals surface area contributed by atoms with Gasteiger partial charge in [-0.25, -0.2) is 0 Å². The number of nitrogens with one attached hydrogen (secondary N) is 1. The van der Waals surface area contributed by atoms with Gasteiger partial charge in [-0.05, 0) is 59.7 Å². The third-order valence-electron chi connectivity index (χ3n) is 3.13. The van der Waals surface area contributed by atoms with Crippen molar-refractivity contribution in [2.24, 2.45) is 0 Å². The number of anilines is 4. The zero-order chi connectivity index (χ0) is 13.9. The maximum atomic E-state index is 5.77. The van der Waals surface area contributed by atoms with E-state index in [0.717, 1.165) is 18.8 Å². The van der Waals surface area contributed by atoms with E-state index in [2.05, 4.69) is 47.8 Å². The summed E-state index contributed by atoms with van der Waals surface area (Å²) in [5.41, 5.74) is 6.71. The first-order chi connectivity index (χ1) is 9.70. The van der Waals surface area contributed by atoms with Crippen LogP contribution in [0, 0.1) is 3.57 Å². The SMILES string of the molecule is Nc1nc(Nc2ccc(I)cc2)nc(N2CCCC2)n1. The highest BCUT2D eigenvalue weighted by atomic mass is 127. The Kier molecular flexibility index (Phi) is 3.86. The fourth-order valence-corrected chi connectivity index (χ4v) is 2.52. The van der Waals surface area contributed by atoms with Crippen LogP contribution in [0.1, 0.15) is 12.8 Å². The first-order valence-corrected chi connectivity index (χ1v) is 7.58. The zero-order valence-electron chi connectivity index (χ0n) is 10.9. The smallest absolute Gasteiger partial charge is 0.233 e. The van der Waals surface area contributed by atoms with E-state index >= 15 is 0 Å². The van der Waals surface area contributed by atoms with E-state index < -0.39 is 0 Å². The summed E-state index contributed by atoms with van der Waals surface area (Å²) in [6, 6.07) is 8.01. The topological polar surface area (TPSA) is 80.0 Å². The molecule has 1 aromatic carbocycles. The summed E-state index contributed by atoms with van der Waals surface area (Å²) in [7, 11) is 0. The fraction of sp³-hybridized carbons (Fsp3) is 0.308. The summed E-state index contributed by atoms with van der Waals surface area (Å²) >= 11 is 2.27. The van der Waals surface area contributed by atoms with E-state index in [1.54, 1.807) is 0 Å². The van der Waals surface area contributed by atoms with Crippen LogP contribution in [0.3, 0.4) is 0 Å². The lowest BCUT2D eigenvalue weighted by Crippen LogP contribution is -2.21. The molecule has 0 aliphatic carbocycles. The third-order valence-corrected chi connectivity index (χ3v) is 3.85. The monoisotopic (exact) mass is 382 g/mol. The van der Waals surface area contributed by atoms with Gasteiger partial charge in [0.05, 0.1) is 0 Å². The summed E-state index contributed by atoms with van der Waals surface area (Å²) in [6.45, 7) is 1.96. The summed E-state index contributed by atoms with van der Waals surface area (Å²) < 4.78 is 1.18. The van der Waals surface area contributed by atoms with Crippen molar-refractivity contribution in [1.29, 1.82) is 0 Å². The molecule has 3 N–H and O–H groups in total. The van der Waals surface area contributed by atoms with Crippen LogP contribution in [0.5, 0.6) is 0 Å². The molecule has 0 amide bonds. The van der Waals surface area contributed by atoms with Crippen LogP contribution in [-0.2, 0) is 0 Å². The number of hydrogen-bond acceptors (Lipinski definition) is 6. The molecule has 0 unspecified atom stereocenters. The third kappa shape index (κ3) is 3.09. The fourth-order valence-electron chi connectivity index (χ4n) is 2.16. The minimum absolute atomic E-state index is 0.245. The van der Waals surface area contributed by atoms with Crippen LogP contribution < -0.4 is 16.0 Å². The molecule has 1 aliphatic rings. The summed E-state index contributed by atoms with van der Waals surface area (Å²) in [5.74, 6) is 1.39. The Morgan fingerprint density at radius 1 is 1.05 bits per heavy atom. The first-order valence-electron chi connectivity index (χ1n) is 6.50. The van der Waals surface area contributed by atoms with Gasteiger partial charge in [-0.3, -0.25) is 0 Å². The molecule has 0 bridgehead atoms. The molecule has 1 aromatic heterocycles. The normalized spacial score (nSPS) is 14.6. The second-order valence-corrected chi connectivity index (χ2v) is 5.89. The average Bonchev–Trinajstić information content (AvgIpc) is 2.95. The Hall–Kier alpha value is -1.64. The highest BCUT2D eigenvalue weighted by Gasteiger charge is 2.16. The predicted molar refractivity (Wildman–Crippen MR) is 88.1 cm³/mol. The quantitative estimate of drug-likeness (QED) is 0.794. The van der Waals surface area contributed by atoms with E-state index in [9.17, 15) is 0 Å². The molecule has 0 radical (unpaired) electrons. The van der Waals surface area contributed by atoms with Crippen LogP contribution in [0.25, 0.3) is 0 Å². The van der Waals surface area contributed by atoms with Crippen molar-refractivity contribution in [1.82, 2.24) is 15.0 Å². The number of halogens is 1. The van der Waals surface area contributed by atoms with Gasteiger partial charge < -0.3 is 16.0 Å². The molecule has 2 heterocycles. The van der Waals surface area contributed by atoms with E-state index in [1.807, 2.05) is 24.3 Å². The summed E-state index contributed by atoms with van der Waals surface area (Å²) in [4.78, 5) is 14.9. The lowest BCUT2D eigenvalue weighted by Gasteiger charge is -2.16. The van der Waals surface area contributed by atoms with E-state index in [1.165, 1.54) is 16.4 Å². The van der Waals surface area contributed by atoms with Crippen molar-refractivity contribution in [3.05, 3.63) is 27.8 Å². The highest BCUT2D eigenvalue weighted by molar-refractivity contribution is 14.1. The maximum absolute atomic E-state index is 5.77. The molecule has 2 aromatic rings. The Bertz CT molecular complexity index is 594. The van der Waals surface area contributed by atoms with Crippen molar-refractivity contribution in [2.75, 3.05) is 29.0 Å². The number of benzene rings is 1. The first kappa shape index (κ1) is 13.3. The van der Waals surface area contributed by atoms with Crippen LogP contribution >= 0.6 is 22.6 Å². The summed E-state index contributed by atoms with van der Waals surface area (Å²) in [6.07, 6.45) is 2.34. The van der Waals surface area contributed by atoms with Crippen molar-refractivity contribution >= 4 is 46.1 Å². The number of nitrogen functional groups attached to an aromatic ring is 1. The van der Waals surface area contributed by atoms with Crippen molar-refractivity contribution in [3.8, 4) is 0 Å². The van der Waals surface area contributed by atoms with E-state index in [4.69, 9.17) is 5.73 Å². The molecule has 0 spiro atoms. The lowest BCUT2D eigenvalue weighted by molar-refractivity contribution is 0.887. The van der Waals surface area contributed by atoms with Crippen molar-refractivity contribution in [2.45, 2.75) is 12.8 Å². The van der Waals surface area contributed by atoms with Gasteiger partial charge in [-0.15, -0.1) is 0 Å². The van der Waals surface area contributed by atoms with Gasteiger partial charge in [0, 0.05) is 22.3 Å². The number of hydrogen-bond donors (Lipinski definition) is 2. The highest BCUT2D eigenvalue weighted by Crippen LogP contribution is 2.20. The largest absolute Gasteiger partial charge is 0.368 e. The minimum atomic E-state index is 0.245. The summed E-state index contributed by atoms with van der Waals surface area (Å²) in [5, 5.41) is 3.16. The molecule has 104 valence electrons. The standard InChI is InChI=1S/C13H15IN6/c14-9-3-5-10(6-4-9)16-12-17-11(15)18-13(19-12)20-7-1-2-8-20/h3-6H,1-2,7-8H2,(H3,15,16,17,18,19). The molecule has 7 heteroatoms. The average molecular weight is 382 g/mol.